The molecule has 0 saturated heterocycles. The molecule has 0 saturated carbocycles. The first kappa shape index (κ1) is 16.9. The SMILES string of the molecule is C[Si](C)(C)[C@](O)(C(=O)[SiH3])[C@@H](O)[C@H](O)[C@H](O)CO. The number of carbonyl (C=O) groups excluding carboxylic acids is 1. The van der Waals surface area contributed by atoms with E-state index in [1.165, 1.54) is 0 Å². The summed E-state index contributed by atoms with van der Waals surface area (Å²) in [6.45, 7) is 4.30. The predicted molar refractivity (Wildman–Crippen MR) is 68.3 cm³/mol. The van der Waals surface area contributed by atoms with E-state index in [9.17, 15) is 25.2 Å². The molecule has 0 aromatic carbocycles. The molecule has 0 aliphatic rings. The topological polar surface area (TPSA) is 118 Å². The van der Waals surface area contributed by atoms with Crippen LogP contribution in [0.5, 0.6) is 0 Å². The Morgan fingerprint density at radius 1 is 1.29 bits per heavy atom. The van der Waals surface area contributed by atoms with E-state index in [4.69, 9.17) is 5.11 Å². The summed E-state index contributed by atoms with van der Waals surface area (Å²) in [6.07, 6.45) is -5.13. The molecule has 8 heteroatoms. The molecule has 4 atom stereocenters. The number of hydrogen-bond donors (Lipinski definition) is 5. The maximum atomic E-state index is 11.6. The minimum atomic E-state index is -2.52. The van der Waals surface area contributed by atoms with Crippen molar-refractivity contribution in [3.05, 3.63) is 0 Å². The molecule has 102 valence electrons. The van der Waals surface area contributed by atoms with Gasteiger partial charge in [-0.1, -0.05) is 19.6 Å². The fourth-order valence-corrected chi connectivity index (χ4v) is 6.41. The highest BCUT2D eigenvalue weighted by molar-refractivity contribution is 6.87. The van der Waals surface area contributed by atoms with Crippen molar-refractivity contribution >= 4 is 23.7 Å². The van der Waals surface area contributed by atoms with Crippen molar-refractivity contribution in [2.45, 2.75) is 43.2 Å². The average molecular weight is 282 g/mol. The van der Waals surface area contributed by atoms with Crippen molar-refractivity contribution in [1.82, 2.24) is 0 Å². The first-order valence-corrected chi connectivity index (χ1v) is 9.88. The van der Waals surface area contributed by atoms with Gasteiger partial charge in [0.05, 0.1) is 24.9 Å². The highest BCUT2D eigenvalue weighted by atomic mass is 28.3. The third kappa shape index (κ3) is 3.22. The van der Waals surface area contributed by atoms with Crippen LogP contribution in [-0.4, -0.2) is 79.4 Å². The highest BCUT2D eigenvalue weighted by Gasteiger charge is 2.54. The van der Waals surface area contributed by atoms with Crippen molar-refractivity contribution in [3.63, 3.8) is 0 Å². The fourth-order valence-electron chi connectivity index (χ4n) is 1.75. The van der Waals surface area contributed by atoms with E-state index >= 15 is 0 Å². The molecule has 5 N–H and O–H groups in total. The molecule has 0 aromatic heterocycles. The zero-order valence-electron chi connectivity index (χ0n) is 10.6. The Kier molecular flexibility index (Phi) is 5.66. The second-order valence-corrected chi connectivity index (χ2v) is 11.4. The smallest absolute Gasteiger partial charge is 0.133 e. The van der Waals surface area contributed by atoms with Crippen molar-refractivity contribution < 1.29 is 30.3 Å². The zero-order chi connectivity index (χ0) is 14.0. The minimum Gasteiger partial charge on any atom is -0.394 e. The van der Waals surface area contributed by atoms with E-state index in [0.29, 0.717) is 0 Å². The standard InChI is InChI=1S/C9H22O6Si2/c1-17(2,3)9(15,8(14)16)7(13)6(12)5(11)4-10/h5-7,10-13,15H,4H2,1-3,16H3/t5-,6-,7+,9+/m1/s1. The number of rotatable bonds is 6. The molecule has 0 fully saturated rings. The molecule has 0 bridgehead atoms. The molecule has 0 heterocycles. The van der Waals surface area contributed by atoms with Crippen molar-refractivity contribution in [2.75, 3.05) is 6.61 Å². The van der Waals surface area contributed by atoms with Gasteiger partial charge >= 0.3 is 0 Å². The van der Waals surface area contributed by atoms with Crippen molar-refractivity contribution in [1.29, 1.82) is 0 Å². The zero-order valence-corrected chi connectivity index (χ0v) is 13.6. The van der Waals surface area contributed by atoms with Gasteiger partial charge in [-0.05, 0) is 0 Å². The van der Waals surface area contributed by atoms with E-state index in [1.54, 1.807) is 19.6 Å². The van der Waals surface area contributed by atoms with Crippen LogP contribution in [0.3, 0.4) is 0 Å². The molecule has 6 nitrogen and oxygen atoms in total. The summed E-state index contributed by atoms with van der Waals surface area (Å²) in [5.74, 6) is 0. The van der Waals surface area contributed by atoms with Crippen LogP contribution in [0.2, 0.25) is 19.6 Å². The first-order chi connectivity index (χ1) is 7.50. The van der Waals surface area contributed by atoms with Gasteiger partial charge in [-0.25, -0.2) is 0 Å². The Morgan fingerprint density at radius 3 is 1.94 bits per heavy atom. The Morgan fingerprint density at radius 2 is 1.71 bits per heavy atom. The number of hydrogen-bond acceptors (Lipinski definition) is 6. The van der Waals surface area contributed by atoms with E-state index in [1.807, 2.05) is 0 Å². The highest BCUT2D eigenvalue weighted by Crippen LogP contribution is 2.27. The van der Waals surface area contributed by atoms with Crippen LogP contribution >= 0.6 is 0 Å². The van der Waals surface area contributed by atoms with Crippen LogP contribution in [0, 0.1) is 0 Å². The summed E-state index contributed by atoms with van der Waals surface area (Å²) in [5, 5.41) is 45.3. The van der Waals surface area contributed by atoms with Crippen molar-refractivity contribution in [2.24, 2.45) is 0 Å². The van der Waals surface area contributed by atoms with Gasteiger partial charge in [0.2, 0.25) is 0 Å². The van der Waals surface area contributed by atoms with Gasteiger partial charge < -0.3 is 30.3 Å². The van der Waals surface area contributed by atoms with Crippen LogP contribution in [0.15, 0.2) is 0 Å². The second-order valence-electron chi connectivity index (χ2n) is 5.26. The average Bonchev–Trinajstić information content (AvgIpc) is 2.22. The van der Waals surface area contributed by atoms with Crippen LogP contribution in [0.1, 0.15) is 0 Å². The summed E-state index contributed by atoms with van der Waals surface area (Å²) in [4.78, 5) is 11.6. The maximum absolute atomic E-state index is 11.6. The van der Waals surface area contributed by atoms with E-state index < -0.39 is 43.6 Å². The molecule has 0 radical (unpaired) electrons. The van der Waals surface area contributed by atoms with Crippen LogP contribution in [-0.2, 0) is 4.79 Å². The molecular weight excluding hydrogens is 260 g/mol. The van der Waals surface area contributed by atoms with Gasteiger partial charge in [0.25, 0.3) is 0 Å². The summed E-state index contributed by atoms with van der Waals surface area (Å²) < 4.78 is 0. The Bertz CT molecular complexity index is 279. The maximum Gasteiger partial charge on any atom is 0.133 e. The predicted octanol–water partition coefficient (Wildman–Crippen LogP) is -3.44. The van der Waals surface area contributed by atoms with Gasteiger partial charge in [0, 0.05) is 0 Å². The molecule has 0 amide bonds. The van der Waals surface area contributed by atoms with Crippen molar-refractivity contribution in [3.8, 4) is 0 Å². The molecular formula is C9H22O6Si2. The minimum absolute atomic E-state index is 0.0291. The summed E-state index contributed by atoms with van der Waals surface area (Å²) in [7, 11) is -2.49. The van der Waals surface area contributed by atoms with Crippen LogP contribution in [0.4, 0.5) is 0 Å². The second kappa shape index (κ2) is 5.70. The molecule has 0 spiro atoms. The molecule has 0 unspecified atom stereocenters. The quantitative estimate of drug-likeness (QED) is 0.324. The Balaban J connectivity index is 5.30. The Hall–Kier alpha value is -0.0962. The normalized spacial score (nSPS) is 21.6. The molecule has 0 aliphatic heterocycles. The largest absolute Gasteiger partial charge is 0.394 e. The van der Waals surface area contributed by atoms with E-state index in [0.717, 1.165) is 0 Å². The van der Waals surface area contributed by atoms with Gasteiger partial charge in [-0.15, -0.1) is 0 Å². The molecule has 0 aromatic rings. The summed E-state index contributed by atoms with van der Waals surface area (Å²) >= 11 is 0. The van der Waals surface area contributed by atoms with Gasteiger partial charge in [0.1, 0.15) is 28.9 Å². The lowest BCUT2D eigenvalue weighted by molar-refractivity contribution is -0.151. The number of aliphatic hydroxyl groups is 5. The fraction of sp³-hybridized carbons (Fsp3) is 0.889. The third-order valence-corrected chi connectivity index (χ3v) is 7.21. The Labute approximate surface area is 104 Å². The lowest BCUT2D eigenvalue weighted by Crippen LogP contribution is -2.69. The van der Waals surface area contributed by atoms with Crippen LogP contribution in [0.25, 0.3) is 0 Å². The van der Waals surface area contributed by atoms with Gasteiger partial charge in [-0.3, -0.25) is 0 Å². The summed E-state index contributed by atoms with van der Waals surface area (Å²) in [5.41, 5.74) is 0. The van der Waals surface area contributed by atoms with Gasteiger partial charge in [0.15, 0.2) is 0 Å². The van der Waals surface area contributed by atoms with Gasteiger partial charge in [-0.2, -0.15) is 0 Å². The molecule has 0 rings (SSSR count). The van der Waals surface area contributed by atoms with E-state index in [2.05, 4.69) is 0 Å². The summed E-state index contributed by atoms with van der Waals surface area (Å²) in [6, 6.07) is 0. The third-order valence-electron chi connectivity index (χ3n) is 3.01. The van der Waals surface area contributed by atoms with E-state index in [-0.39, 0.29) is 10.2 Å². The number of aliphatic hydroxyl groups excluding tert-OH is 4. The molecule has 0 aliphatic carbocycles. The first-order valence-electron chi connectivity index (χ1n) is 5.38. The monoisotopic (exact) mass is 282 g/mol. The molecule has 17 heavy (non-hydrogen) atoms. The lowest BCUT2D eigenvalue weighted by atomic mass is 10.0. The van der Waals surface area contributed by atoms with Crippen LogP contribution < -0.4 is 0 Å². The number of carbonyl (C=O) groups is 1. The lowest BCUT2D eigenvalue weighted by Gasteiger charge is -2.42.